The highest BCUT2D eigenvalue weighted by Gasteiger charge is 2.41. The Kier molecular flexibility index (Phi) is 6.68. The number of sulfonamides is 1. The summed E-state index contributed by atoms with van der Waals surface area (Å²) in [5.74, 6) is 0.248. The first kappa shape index (κ1) is 22.5. The molecule has 30 heavy (non-hydrogen) atoms. The fraction of sp³-hybridized carbons (Fsp3) is 0.458. The van der Waals surface area contributed by atoms with Crippen molar-refractivity contribution in [3.05, 3.63) is 65.2 Å². The van der Waals surface area contributed by atoms with Gasteiger partial charge in [-0.3, -0.25) is 4.79 Å². The molecule has 0 aliphatic carbocycles. The van der Waals surface area contributed by atoms with Crippen LogP contribution in [0.15, 0.2) is 53.4 Å². The van der Waals surface area contributed by atoms with Crippen LogP contribution in [-0.2, 0) is 21.4 Å². The van der Waals surface area contributed by atoms with Gasteiger partial charge in [-0.1, -0.05) is 50.2 Å². The second-order valence-electron chi connectivity index (χ2n) is 8.84. The summed E-state index contributed by atoms with van der Waals surface area (Å²) in [6.45, 7) is 9.12. The SMILES string of the molecule is Cc1ccccc1CNC(=O)[C@]1(C)CCCN(S(=O)(=O)c2ccc(C(C)C)cc2)C1. The molecule has 0 aromatic heterocycles. The monoisotopic (exact) mass is 428 g/mol. The maximum Gasteiger partial charge on any atom is 0.243 e. The number of carbonyl (C=O) groups excluding carboxylic acids is 1. The topological polar surface area (TPSA) is 66.5 Å². The molecule has 0 saturated carbocycles. The Hall–Kier alpha value is -2.18. The first-order valence-electron chi connectivity index (χ1n) is 10.6. The van der Waals surface area contributed by atoms with Gasteiger partial charge >= 0.3 is 0 Å². The normalized spacial score (nSPS) is 20.3. The van der Waals surface area contributed by atoms with Crippen LogP contribution in [0.4, 0.5) is 0 Å². The van der Waals surface area contributed by atoms with E-state index in [-0.39, 0.29) is 17.3 Å². The van der Waals surface area contributed by atoms with Gasteiger partial charge in [-0.05, 0) is 61.4 Å². The molecule has 5 nitrogen and oxygen atoms in total. The summed E-state index contributed by atoms with van der Waals surface area (Å²) in [4.78, 5) is 13.3. The Morgan fingerprint density at radius 1 is 1.13 bits per heavy atom. The average molecular weight is 429 g/mol. The van der Waals surface area contributed by atoms with Gasteiger partial charge in [-0.15, -0.1) is 0 Å². The number of hydrogen-bond donors (Lipinski definition) is 1. The molecule has 162 valence electrons. The van der Waals surface area contributed by atoms with Crippen molar-refractivity contribution in [2.24, 2.45) is 5.41 Å². The minimum atomic E-state index is -3.63. The molecule has 6 heteroatoms. The standard InChI is InChI=1S/C24H32N2O3S/c1-18(2)20-10-12-22(13-11-20)30(28,29)26-15-7-14-24(4,17-26)23(27)25-16-21-9-6-5-8-19(21)3/h5-6,8-13,18H,7,14-17H2,1-4H3,(H,25,27)/t24-/m1/s1. The summed E-state index contributed by atoms with van der Waals surface area (Å²) in [6, 6.07) is 15.0. The van der Waals surface area contributed by atoms with Crippen molar-refractivity contribution in [2.45, 2.75) is 57.9 Å². The smallest absolute Gasteiger partial charge is 0.243 e. The highest BCUT2D eigenvalue weighted by molar-refractivity contribution is 7.89. The van der Waals surface area contributed by atoms with E-state index in [1.807, 2.05) is 50.2 Å². The number of benzene rings is 2. The van der Waals surface area contributed by atoms with Gasteiger partial charge in [0.15, 0.2) is 0 Å². The van der Waals surface area contributed by atoms with Crippen LogP contribution in [0, 0.1) is 12.3 Å². The summed E-state index contributed by atoms with van der Waals surface area (Å²) >= 11 is 0. The van der Waals surface area contributed by atoms with Crippen molar-refractivity contribution in [3.63, 3.8) is 0 Å². The molecule has 1 N–H and O–H groups in total. The van der Waals surface area contributed by atoms with E-state index in [1.165, 1.54) is 4.31 Å². The molecule has 0 spiro atoms. The molecule has 0 unspecified atom stereocenters. The molecule has 1 amide bonds. The van der Waals surface area contributed by atoms with Crippen molar-refractivity contribution in [1.82, 2.24) is 9.62 Å². The van der Waals surface area contributed by atoms with Gasteiger partial charge < -0.3 is 5.32 Å². The Bertz CT molecular complexity index is 999. The molecular weight excluding hydrogens is 396 g/mol. The van der Waals surface area contributed by atoms with Gasteiger partial charge in [0.05, 0.1) is 10.3 Å². The maximum absolute atomic E-state index is 13.2. The number of piperidine rings is 1. The third kappa shape index (κ3) is 4.76. The van der Waals surface area contributed by atoms with Gasteiger partial charge in [0, 0.05) is 19.6 Å². The first-order chi connectivity index (χ1) is 14.1. The van der Waals surface area contributed by atoms with E-state index in [0.717, 1.165) is 16.7 Å². The van der Waals surface area contributed by atoms with E-state index in [2.05, 4.69) is 19.2 Å². The third-order valence-electron chi connectivity index (χ3n) is 6.09. The van der Waals surface area contributed by atoms with Crippen LogP contribution in [-0.4, -0.2) is 31.7 Å². The number of carbonyl (C=O) groups is 1. The molecule has 2 aromatic carbocycles. The lowest BCUT2D eigenvalue weighted by atomic mass is 9.82. The summed E-state index contributed by atoms with van der Waals surface area (Å²) in [7, 11) is -3.63. The van der Waals surface area contributed by atoms with Crippen LogP contribution in [0.5, 0.6) is 0 Å². The van der Waals surface area contributed by atoms with Crippen molar-refractivity contribution < 1.29 is 13.2 Å². The second kappa shape index (κ2) is 8.90. The molecule has 1 atom stereocenters. The van der Waals surface area contributed by atoms with Crippen molar-refractivity contribution >= 4 is 15.9 Å². The molecular formula is C24H32N2O3S. The molecule has 0 bridgehead atoms. The lowest BCUT2D eigenvalue weighted by Crippen LogP contribution is -2.51. The minimum Gasteiger partial charge on any atom is -0.352 e. The number of amides is 1. The van der Waals surface area contributed by atoms with Crippen LogP contribution < -0.4 is 5.32 Å². The molecule has 1 heterocycles. The zero-order valence-electron chi connectivity index (χ0n) is 18.3. The molecule has 0 radical (unpaired) electrons. The summed E-state index contributed by atoms with van der Waals surface area (Å²) in [6.07, 6.45) is 1.34. The van der Waals surface area contributed by atoms with Gasteiger partial charge in [0.25, 0.3) is 0 Å². The van der Waals surface area contributed by atoms with Gasteiger partial charge in [0.2, 0.25) is 15.9 Å². The highest BCUT2D eigenvalue weighted by atomic mass is 32.2. The first-order valence-corrected chi connectivity index (χ1v) is 12.0. The van der Waals surface area contributed by atoms with E-state index < -0.39 is 15.4 Å². The molecule has 2 aromatic rings. The van der Waals surface area contributed by atoms with E-state index in [4.69, 9.17) is 0 Å². The molecule has 3 rings (SSSR count). The molecule has 1 saturated heterocycles. The van der Waals surface area contributed by atoms with Crippen molar-refractivity contribution in [2.75, 3.05) is 13.1 Å². The van der Waals surface area contributed by atoms with Crippen LogP contribution >= 0.6 is 0 Å². The van der Waals surface area contributed by atoms with Crippen LogP contribution in [0.25, 0.3) is 0 Å². The Morgan fingerprint density at radius 3 is 2.43 bits per heavy atom. The molecule has 1 fully saturated rings. The largest absolute Gasteiger partial charge is 0.352 e. The lowest BCUT2D eigenvalue weighted by Gasteiger charge is -2.38. The van der Waals surface area contributed by atoms with Crippen LogP contribution in [0.3, 0.4) is 0 Å². The fourth-order valence-electron chi connectivity index (χ4n) is 3.95. The highest BCUT2D eigenvalue weighted by Crippen LogP contribution is 2.33. The Balaban J connectivity index is 1.72. The quantitative estimate of drug-likeness (QED) is 0.749. The lowest BCUT2D eigenvalue weighted by molar-refractivity contribution is -0.132. The number of hydrogen-bond acceptors (Lipinski definition) is 3. The van der Waals surface area contributed by atoms with E-state index in [0.29, 0.717) is 31.8 Å². The zero-order chi connectivity index (χ0) is 21.9. The maximum atomic E-state index is 13.2. The van der Waals surface area contributed by atoms with Crippen molar-refractivity contribution in [3.8, 4) is 0 Å². The predicted molar refractivity (Wildman–Crippen MR) is 120 cm³/mol. The molecule has 1 aliphatic heterocycles. The van der Waals surface area contributed by atoms with Crippen LogP contribution in [0.2, 0.25) is 0 Å². The van der Waals surface area contributed by atoms with Gasteiger partial charge in [0.1, 0.15) is 0 Å². The summed E-state index contributed by atoms with van der Waals surface area (Å²) in [5.41, 5.74) is 2.56. The second-order valence-corrected chi connectivity index (χ2v) is 10.8. The number of nitrogens with one attached hydrogen (secondary N) is 1. The van der Waals surface area contributed by atoms with E-state index in [1.54, 1.807) is 12.1 Å². The number of nitrogens with zero attached hydrogens (tertiary/aromatic N) is 1. The van der Waals surface area contributed by atoms with Gasteiger partial charge in [-0.25, -0.2) is 8.42 Å². The summed E-state index contributed by atoms with van der Waals surface area (Å²) in [5, 5.41) is 3.02. The fourth-order valence-corrected chi connectivity index (χ4v) is 5.56. The number of rotatable bonds is 6. The Labute approximate surface area is 180 Å². The predicted octanol–water partition coefficient (Wildman–Crippen LogP) is 4.23. The Morgan fingerprint density at radius 2 is 1.80 bits per heavy atom. The van der Waals surface area contributed by atoms with E-state index >= 15 is 0 Å². The van der Waals surface area contributed by atoms with Gasteiger partial charge in [-0.2, -0.15) is 4.31 Å². The number of aryl methyl sites for hydroxylation is 1. The van der Waals surface area contributed by atoms with Crippen molar-refractivity contribution in [1.29, 1.82) is 0 Å². The minimum absolute atomic E-state index is 0.0965. The molecule has 1 aliphatic rings. The summed E-state index contributed by atoms with van der Waals surface area (Å²) < 4.78 is 27.9. The zero-order valence-corrected chi connectivity index (χ0v) is 19.1. The van der Waals surface area contributed by atoms with E-state index in [9.17, 15) is 13.2 Å². The van der Waals surface area contributed by atoms with Crippen LogP contribution in [0.1, 0.15) is 56.2 Å². The third-order valence-corrected chi connectivity index (χ3v) is 7.95. The average Bonchev–Trinajstić information content (AvgIpc) is 2.73.